The molecule has 1 aromatic heterocycles. The van der Waals surface area contributed by atoms with Gasteiger partial charge in [-0.15, -0.1) is 11.3 Å². The molecule has 1 heterocycles. The summed E-state index contributed by atoms with van der Waals surface area (Å²) < 4.78 is 0. The second kappa shape index (κ2) is 8.82. The maximum atomic E-state index is 9.11. The molecule has 17 heavy (non-hydrogen) atoms. The molecule has 1 nitrogen and oxygen atoms in total. The van der Waals surface area contributed by atoms with E-state index in [-0.39, 0.29) is 0 Å². The van der Waals surface area contributed by atoms with Crippen LogP contribution in [0.5, 0.6) is 5.75 Å². The zero-order chi connectivity index (χ0) is 13.3. The molecule has 2 aromatic rings. The molecule has 0 aliphatic carbocycles. The van der Waals surface area contributed by atoms with Crippen molar-refractivity contribution in [1.29, 1.82) is 0 Å². The van der Waals surface area contributed by atoms with Crippen LogP contribution >= 0.6 is 11.3 Å². The molecule has 0 aliphatic heterocycles. The average molecular weight is 250 g/mol. The summed E-state index contributed by atoms with van der Waals surface area (Å²) in [6, 6.07) is 11.5. The van der Waals surface area contributed by atoms with E-state index in [4.69, 9.17) is 5.11 Å². The number of rotatable bonds is 1. The lowest BCUT2D eigenvalue weighted by molar-refractivity contribution is 0.475. The van der Waals surface area contributed by atoms with Gasteiger partial charge in [-0.3, -0.25) is 0 Å². The van der Waals surface area contributed by atoms with E-state index in [0.717, 1.165) is 5.56 Å². The summed E-state index contributed by atoms with van der Waals surface area (Å²) in [5, 5.41) is 9.11. The zero-order valence-corrected chi connectivity index (χ0v) is 12.1. The summed E-state index contributed by atoms with van der Waals surface area (Å²) >= 11 is 1.77. The second-order valence-electron chi connectivity index (χ2n) is 2.96. The van der Waals surface area contributed by atoms with Crippen LogP contribution in [0.3, 0.4) is 0 Å². The smallest absolute Gasteiger partial charge is 0.115 e. The van der Waals surface area contributed by atoms with Crippen LogP contribution < -0.4 is 0 Å². The Morgan fingerprint density at radius 2 is 1.35 bits per heavy atom. The largest absolute Gasteiger partial charge is 0.508 e. The third kappa shape index (κ3) is 5.05. The van der Waals surface area contributed by atoms with E-state index >= 15 is 0 Å². The molecular formula is C15H22OS. The average Bonchev–Trinajstić information content (AvgIpc) is 2.82. The SMILES string of the molecule is CC.CC.Cc1ccc(-c2ccc(O)cc2)s1. The van der Waals surface area contributed by atoms with Crippen molar-refractivity contribution in [3.05, 3.63) is 41.3 Å². The fourth-order valence-corrected chi connectivity index (χ4v) is 2.09. The number of phenols is 1. The van der Waals surface area contributed by atoms with E-state index < -0.39 is 0 Å². The van der Waals surface area contributed by atoms with Gasteiger partial charge in [0, 0.05) is 9.75 Å². The highest BCUT2D eigenvalue weighted by Crippen LogP contribution is 2.28. The first-order chi connectivity index (χ1) is 8.25. The van der Waals surface area contributed by atoms with Crippen molar-refractivity contribution >= 4 is 11.3 Å². The van der Waals surface area contributed by atoms with Gasteiger partial charge < -0.3 is 5.11 Å². The van der Waals surface area contributed by atoms with Gasteiger partial charge in [0.05, 0.1) is 0 Å². The molecule has 0 spiro atoms. The van der Waals surface area contributed by atoms with E-state index in [2.05, 4.69) is 19.1 Å². The quantitative estimate of drug-likeness (QED) is 0.710. The molecule has 1 aromatic carbocycles. The number of phenolic OH excluding ortho intramolecular Hbond substituents is 1. The van der Waals surface area contributed by atoms with E-state index in [1.807, 2.05) is 39.8 Å². The van der Waals surface area contributed by atoms with Gasteiger partial charge in [-0.1, -0.05) is 27.7 Å². The normalized spacial score (nSPS) is 8.53. The van der Waals surface area contributed by atoms with Crippen molar-refractivity contribution in [2.24, 2.45) is 0 Å². The molecule has 0 unspecified atom stereocenters. The molecule has 0 saturated heterocycles. The van der Waals surface area contributed by atoms with Crippen LogP contribution in [-0.2, 0) is 0 Å². The number of benzene rings is 1. The fourth-order valence-electron chi connectivity index (χ4n) is 1.22. The molecular weight excluding hydrogens is 228 g/mol. The van der Waals surface area contributed by atoms with Crippen LogP contribution in [-0.4, -0.2) is 5.11 Å². The lowest BCUT2D eigenvalue weighted by Crippen LogP contribution is -1.69. The predicted molar refractivity (Wildman–Crippen MR) is 78.9 cm³/mol. The van der Waals surface area contributed by atoms with Gasteiger partial charge in [-0.05, 0) is 48.9 Å². The Balaban J connectivity index is 0.000000581. The molecule has 0 amide bonds. The standard InChI is InChI=1S/C11H10OS.2C2H6/c1-8-2-7-11(13-8)9-3-5-10(12)6-4-9;2*1-2/h2-7,12H,1H3;2*1-2H3. The van der Waals surface area contributed by atoms with Crippen LogP contribution in [0.2, 0.25) is 0 Å². The summed E-state index contributed by atoms with van der Waals surface area (Å²) in [5.41, 5.74) is 1.16. The van der Waals surface area contributed by atoms with Crippen LogP contribution in [0.25, 0.3) is 10.4 Å². The van der Waals surface area contributed by atoms with Gasteiger partial charge in [0.1, 0.15) is 5.75 Å². The summed E-state index contributed by atoms with van der Waals surface area (Å²) in [6.07, 6.45) is 0. The van der Waals surface area contributed by atoms with Crippen molar-refractivity contribution in [2.45, 2.75) is 34.6 Å². The molecule has 1 N–H and O–H groups in total. The number of hydrogen-bond acceptors (Lipinski definition) is 2. The monoisotopic (exact) mass is 250 g/mol. The van der Waals surface area contributed by atoms with Gasteiger partial charge >= 0.3 is 0 Å². The van der Waals surface area contributed by atoms with Gasteiger partial charge in [0.2, 0.25) is 0 Å². The molecule has 0 radical (unpaired) electrons. The van der Waals surface area contributed by atoms with E-state index in [9.17, 15) is 0 Å². The lowest BCUT2D eigenvalue weighted by Gasteiger charge is -1.96. The zero-order valence-electron chi connectivity index (χ0n) is 11.3. The van der Waals surface area contributed by atoms with Crippen molar-refractivity contribution < 1.29 is 5.11 Å². The second-order valence-corrected chi connectivity index (χ2v) is 4.25. The highest BCUT2D eigenvalue weighted by atomic mass is 32.1. The minimum absolute atomic E-state index is 0.317. The molecule has 0 saturated carbocycles. The third-order valence-corrected chi connectivity index (χ3v) is 2.94. The topological polar surface area (TPSA) is 20.2 Å². The highest BCUT2D eigenvalue weighted by Gasteiger charge is 1.99. The van der Waals surface area contributed by atoms with Gasteiger partial charge in [-0.25, -0.2) is 0 Å². The van der Waals surface area contributed by atoms with E-state index in [0.29, 0.717) is 5.75 Å². The molecule has 2 rings (SSSR count). The summed E-state index contributed by atoms with van der Waals surface area (Å²) in [6.45, 7) is 10.1. The maximum absolute atomic E-state index is 9.11. The Morgan fingerprint density at radius 3 is 1.76 bits per heavy atom. The van der Waals surface area contributed by atoms with Gasteiger partial charge in [-0.2, -0.15) is 0 Å². The first kappa shape index (κ1) is 15.7. The minimum Gasteiger partial charge on any atom is -0.508 e. The first-order valence-electron chi connectivity index (χ1n) is 6.11. The van der Waals surface area contributed by atoms with Crippen molar-refractivity contribution in [3.63, 3.8) is 0 Å². The van der Waals surface area contributed by atoms with Crippen LogP contribution in [0, 0.1) is 6.92 Å². The Morgan fingerprint density at radius 1 is 0.824 bits per heavy atom. The van der Waals surface area contributed by atoms with Crippen molar-refractivity contribution in [2.75, 3.05) is 0 Å². The minimum atomic E-state index is 0.317. The molecule has 94 valence electrons. The summed E-state index contributed by atoms with van der Waals surface area (Å²) in [5.74, 6) is 0.317. The lowest BCUT2D eigenvalue weighted by atomic mass is 10.2. The Labute approximate surface area is 109 Å². The van der Waals surface area contributed by atoms with E-state index in [1.54, 1.807) is 23.5 Å². The first-order valence-corrected chi connectivity index (χ1v) is 6.93. The summed E-state index contributed by atoms with van der Waals surface area (Å²) in [4.78, 5) is 2.56. The highest BCUT2D eigenvalue weighted by molar-refractivity contribution is 7.15. The van der Waals surface area contributed by atoms with Gasteiger partial charge in [0.25, 0.3) is 0 Å². The Hall–Kier alpha value is -1.28. The maximum Gasteiger partial charge on any atom is 0.115 e. The number of aryl methyl sites for hydroxylation is 1. The molecule has 0 fully saturated rings. The molecule has 0 atom stereocenters. The van der Waals surface area contributed by atoms with Crippen LogP contribution in [0.1, 0.15) is 32.6 Å². The van der Waals surface area contributed by atoms with Gasteiger partial charge in [0.15, 0.2) is 0 Å². The van der Waals surface area contributed by atoms with Crippen LogP contribution in [0.4, 0.5) is 0 Å². The fraction of sp³-hybridized carbons (Fsp3) is 0.333. The van der Waals surface area contributed by atoms with Crippen molar-refractivity contribution in [1.82, 2.24) is 0 Å². The van der Waals surface area contributed by atoms with Crippen LogP contribution in [0.15, 0.2) is 36.4 Å². The number of aromatic hydroxyl groups is 1. The Kier molecular flexibility index (Phi) is 8.16. The predicted octanol–water partition coefficient (Wildman–Crippen LogP) is 5.48. The number of thiophene rings is 1. The number of hydrogen-bond donors (Lipinski definition) is 1. The molecule has 0 bridgehead atoms. The Bertz CT molecular complexity index is 401. The van der Waals surface area contributed by atoms with E-state index in [1.165, 1.54) is 9.75 Å². The third-order valence-electron chi connectivity index (χ3n) is 1.89. The molecule has 2 heteroatoms. The molecule has 0 aliphatic rings. The summed E-state index contributed by atoms with van der Waals surface area (Å²) in [7, 11) is 0. The van der Waals surface area contributed by atoms with Crippen molar-refractivity contribution in [3.8, 4) is 16.2 Å².